The fourth-order valence-electron chi connectivity index (χ4n) is 3.95. The van der Waals surface area contributed by atoms with Crippen molar-refractivity contribution in [3.05, 3.63) is 0 Å². The van der Waals surface area contributed by atoms with Crippen LogP contribution in [0, 0.1) is 5.92 Å². The van der Waals surface area contributed by atoms with E-state index in [1.807, 2.05) is 0 Å². The average Bonchev–Trinajstić information content (AvgIpc) is 2.80. The van der Waals surface area contributed by atoms with E-state index in [1.165, 1.54) is 57.8 Å². The summed E-state index contributed by atoms with van der Waals surface area (Å²) in [5.74, 6) is 0.829. The summed E-state index contributed by atoms with van der Waals surface area (Å²) in [6, 6.07) is 1.59. The van der Waals surface area contributed by atoms with Crippen LogP contribution in [0.2, 0.25) is 0 Å². The average molecular weight is 223 g/mol. The van der Waals surface area contributed by atoms with Crippen LogP contribution >= 0.6 is 0 Å². The molecule has 0 aromatic rings. The molecule has 2 nitrogen and oxygen atoms in total. The molecule has 0 radical (unpaired) electrons. The highest BCUT2D eigenvalue weighted by Crippen LogP contribution is 2.35. The van der Waals surface area contributed by atoms with Crippen molar-refractivity contribution >= 4 is 0 Å². The van der Waals surface area contributed by atoms with Crippen molar-refractivity contribution in [2.45, 2.75) is 76.0 Å². The molecule has 0 aromatic carbocycles. The zero-order valence-corrected chi connectivity index (χ0v) is 10.3. The molecule has 1 N–H and O–H groups in total. The van der Waals surface area contributed by atoms with Gasteiger partial charge in [0.1, 0.15) is 0 Å². The Labute approximate surface area is 99.1 Å². The fourth-order valence-corrected chi connectivity index (χ4v) is 3.95. The van der Waals surface area contributed by atoms with E-state index in [-0.39, 0.29) is 0 Å². The van der Waals surface area contributed by atoms with Crippen LogP contribution in [-0.2, 0) is 4.74 Å². The second-order valence-corrected chi connectivity index (χ2v) is 5.90. The maximum Gasteiger partial charge on any atom is 0.0619 e. The number of ether oxygens (including phenoxy) is 1. The highest BCUT2D eigenvalue weighted by Gasteiger charge is 2.38. The lowest BCUT2D eigenvalue weighted by Crippen LogP contribution is -2.48. The van der Waals surface area contributed by atoms with Gasteiger partial charge in [-0.2, -0.15) is 0 Å². The van der Waals surface area contributed by atoms with Crippen molar-refractivity contribution < 1.29 is 4.74 Å². The van der Waals surface area contributed by atoms with Crippen LogP contribution in [0.15, 0.2) is 0 Å². The van der Waals surface area contributed by atoms with Gasteiger partial charge in [0.05, 0.1) is 6.10 Å². The highest BCUT2D eigenvalue weighted by atomic mass is 16.5. The molecule has 0 amide bonds. The zero-order chi connectivity index (χ0) is 10.8. The lowest BCUT2D eigenvalue weighted by molar-refractivity contribution is 0.0500. The van der Waals surface area contributed by atoms with Crippen molar-refractivity contribution in [3.8, 4) is 0 Å². The Balaban J connectivity index is 1.56. The molecule has 1 aliphatic heterocycles. The minimum Gasteiger partial charge on any atom is -0.378 e. The summed E-state index contributed by atoms with van der Waals surface area (Å²) < 4.78 is 5.84. The van der Waals surface area contributed by atoms with Gasteiger partial charge in [-0.15, -0.1) is 0 Å². The predicted molar refractivity (Wildman–Crippen MR) is 65.5 cm³/mol. The van der Waals surface area contributed by atoms with Gasteiger partial charge < -0.3 is 10.1 Å². The van der Waals surface area contributed by atoms with Gasteiger partial charge in [0.25, 0.3) is 0 Å². The fraction of sp³-hybridized carbons (Fsp3) is 1.00. The first-order chi connectivity index (χ1) is 7.93. The van der Waals surface area contributed by atoms with Gasteiger partial charge in [-0.05, 0) is 38.5 Å². The van der Waals surface area contributed by atoms with Gasteiger partial charge in [-0.3, -0.25) is 0 Å². The van der Waals surface area contributed by atoms with E-state index in [2.05, 4.69) is 5.32 Å². The Hall–Kier alpha value is -0.0800. The molecule has 0 unspecified atom stereocenters. The quantitative estimate of drug-likeness (QED) is 0.777. The van der Waals surface area contributed by atoms with Crippen LogP contribution in [0.4, 0.5) is 0 Å². The normalized spacial score (nSPS) is 40.9. The molecule has 1 saturated heterocycles. The van der Waals surface area contributed by atoms with Gasteiger partial charge in [-0.25, -0.2) is 0 Å². The minimum atomic E-state index is 0.592. The van der Waals surface area contributed by atoms with Crippen LogP contribution in [0.25, 0.3) is 0 Å². The van der Waals surface area contributed by atoms with Gasteiger partial charge in [-0.1, -0.05) is 19.3 Å². The Kier molecular flexibility index (Phi) is 3.49. The van der Waals surface area contributed by atoms with Crippen molar-refractivity contribution in [2.24, 2.45) is 5.92 Å². The highest BCUT2D eigenvalue weighted by molar-refractivity contribution is 4.92. The van der Waals surface area contributed by atoms with E-state index in [1.54, 1.807) is 0 Å². The Morgan fingerprint density at radius 1 is 0.812 bits per heavy atom. The van der Waals surface area contributed by atoms with Crippen LogP contribution < -0.4 is 5.32 Å². The first-order valence-electron chi connectivity index (χ1n) is 7.31. The largest absolute Gasteiger partial charge is 0.378 e. The van der Waals surface area contributed by atoms with E-state index in [0.717, 1.165) is 24.6 Å². The van der Waals surface area contributed by atoms with Crippen molar-refractivity contribution in [1.29, 1.82) is 0 Å². The summed E-state index contributed by atoms with van der Waals surface area (Å²) in [4.78, 5) is 0. The molecular weight excluding hydrogens is 198 g/mol. The van der Waals surface area contributed by atoms with Gasteiger partial charge in [0.15, 0.2) is 0 Å². The molecule has 2 heteroatoms. The molecule has 2 aliphatic carbocycles. The number of hydrogen-bond donors (Lipinski definition) is 1. The molecule has 1 heterocycles. The van der Waals surface area contributed by atoms with E-state index in [9.17, 15) is 0 Å². The predicted octanol–water partition coefficient (Wildman–Crippen LogP) is 2.87. The molecule has 0 spiro atoms. The van der Waals surface area contributed by atoms with Crippen LogP contribution in [0.3, 0.4) is 0 Å². The molecule has 2 saturated carbocycles. The van der Waals surface area contributed by atoms with Gasteiger partial charge in [0.2, 0.25) is 0 Å². The topological polar surface area (TPSA) is 21.3 Å². The summed E-state index contributed by atoms with van der Waals surface area (Å²) in [6.45, 7) is 1.01. The van der Waals surface area contributed by atoms with Crippen molar-refractivity contribution in [2.75, 3.05) is 6.61 Å². The lowest BCUT2D eigenvalue weighted by Gasteiger charge is -2.37. The molecule has 16 heavy (non-hydrogen) atoms. The molecule has 3 fully saturated rings. The standard InChI is InChI=1S/C14H25NO/c1-2-5-11(6-3-1)15-13-7-4-8-14-12(13)9-10-16-14/h11-15H,1-10H2/t12-,13+,14-/m0/s1. The summed E-state index contributed by atoms with van der Waals surface area (Å²) in [6.07, 6.45) is 13.1. The molecule has 0 aromatic heterocycles. The van der Waals surface area contributed by atoms with E-state index in [0.29, 0.717) is 6.10 Å². The summed E-state index contributed by atoms with van der Waals surface area (Å²) >= 11 is 0. The number of fused-ring (bicyclic) bond motifs is 1. The lowest BCUT2D eigenvalue weighted by atomic mass is 9.80. The van der Waals surface area contributed by atoms with Crippen LogP contribution in [0.5, 0.6) is 0 Å². The maximum atomic E-state index is 5.84. The Bertz CT molecular complexity index is 225. The monoisotopic (exact) mass is 223 g/mol. The maximum absolute atomic E-state index is 5.84. The Morgan fingerprint density at radius 2 is 1.69 bits per heavy atom. The zero-order valence-electron chi connectivity index (χ0n) is 10.3. The van der Waals surface area contributed by atoms with Crippen LogP contribution in [-0.4, -0.2) is 24.8 Å². The smallest absolute Gasteiger partial charge is 0.0619 e. The number of nitrogens with one attached hydrogen (secondary N) is 1. The second-order valence-electron chi connectivity index (χ2n) is 5.90. The molecular formula is C14H25NO. The molecule has 3 rings (SSSR count). The number of hydrogen-bond acceptors (Lipinski definition) is 2. The third kappa shape index (κ3) is 2.28. The summed E-state index contributed by atoms with van der Waals surface area (Å²) in [5.41, 5.74) is 0. The minimum absolute atomic E-state index is 0.592. The molecule has 0 bridgehead atoms. The van der Waals surface area contributed by atoms with E-state index >= 15 is 0 Å². The van der Waals surface area contributed by atoms with Gasteiger partial charge >= 0.3 is 0 Å². The van der Waals surface area contributed by atoms with E-state index in [4.69, 9.17) is 4.74 Å². The summed E-state index contributed by atoms with van der Waals surface area (Å²) in [5, 5.41) is 3.95. The molecule has 3 atom stereocenters. The summed E-state index contributed by atoms with van der Waals surface area (Å²) in [7, 11) is 0. The second kappa shape index (κ2) is 5.05. The third-order valence-corrected chi connectivity index (χ3v) is 4.84. The van der Waals surface area contributed by atoms with Gasteiger partial charge in [0, 0.05) is 24.6 Å². The molecule has 3 aliphatic rings. The van der Waals surface area contributed by atoms with Crippen LogP contribution in [0.1, 0.15) is 57.8 Å². The SMILES string of the molecule is C1CCC(N[C@@H]2CCC[C@@H]3OCC[C@H]32)CC1. The first kappa shape index (κ1) is 11.0. The van der Waals surface area contributed by atoms with E-state index < -0.39 is 0 Å². The van der Waals surface area contributed by atoms with Crippen molar-refractivity contribution in [1.82, 2.24) is 5.32 Å². The molecule has 92 valence electrons. The van der Waals surface area contributed by atoms with Crippen molar-refractivity contribution in [3.63, 3.8) is 0 Å². The number of rotatable bonds is 2. The third-order valence-electron chi connectivity index (χ3n) is 4.84. The Morgan fingerprint density at radius 3 is 2.56 bits per heavy atom. The first-order valence-corrected chi connectivity index (χ1v) is 7.31.